The highest BCUT2D eigenvalue weighted by Gasteiger charge is 2.27. The van der Waals surface area contributed by atoms with Crippen molar-refractivity contribution in [2.45, 2.75) is 26.4 Å². The molecule has 0 radical (unpaired) electrons. The molecule has 2 unspecified atom stereocenters. The highest BCUT2D eigenvalue weighted by atomic mass is 16.5. The first-order chi connectivity index (χ1) is 9.61. The maximum Gasteiger partial charge on any atom is 0.180 e. The van der Waals surface area contributed by atoms with E-state index < -0.39 is 0 Å². The third-order valence-electron chi connectivity index (χ3n) is 3.85. The van der Waals surface area contributed by atoms with Gasteiger partial charge in [0.15, 0.2) is 5.78 Å². The third kappa shape index (κ3) is 3.58. The zero-order chi connectivity index (χ0) is 14.5. The molecule has 1 aliphatic heterocycles. The molecule has 110 valence electrons. The van der Waals surface area contributed by atoms with E-state index in [0.29, 0.717) is 24.5 Å². The lowest BCUT2D eigenvalue weighted by Gasteiger charge is -2.17. The molecule has 20 heavy (non-hydrogen) atoms. The highest BCUT2D eigenvalue weighted by molar-refractivity contribution is 6.00. The summed E-state index contributed by atoms with van der Waals surface area (Å²) in [6, 6.07) is 7.38. The normalized spacial score (nSPS) is 20.9. The average Bonchev–Trinajstić information content (AvgIpc) is 2.88. The van der Waals surface area contributed by atoms with Gasteiger partial charge in [0, 0.05) is 6.54 Å². The van der Waals surface area contributed by atoms with E-state index in [1.54, 1.807) is 0 Å². The maximum atomic E-state index is 12.4. The quantitative estimate of drug-likeness (QED) is 0.808. The van der Waals surface area contributed by atoms with Gasteiger partial charge in [0.05, 0.1) is 24.8 Å². The second-order valence-electron chi connectivity index (χ2n) is 5.38. The number of benzene rings is 1. The smallest absolute Gasteiger partial charge is 0.180 e. The van der Waals surface area contributed by atoms with Crippen molar-refractivity contribution in [1.29, 1.82) is 0 Å². The van der Waals surface area contributed by atoms with Crippen LogP contribution >= 0.6 is 0 Å². The van der Waals surface area contributed by atoms with E-state index in [1.165, 1.54) is 0 Å². The topological polar surface area (TPSA) is 49.8 Å². The maximum absolute atomic E-state index is 12.4. The Morgan fingerprint density at radius 3 is 2.90 bits per heavy atom. The largest absolute Gasteiger partial charge is 0.493 e. The number of ether oxygens (including phenoxy) is 1. The number of hydrogen-bond donors (Lipinski definition) is 1. The number of para-hydroxylation sites is 1. The van der Waals surface area contributed by atoms with Gasteiger partial charge in [-0.15, -0.1) is 0 Å². The molecule has 0 aliphatic carbocycles. The van der Waals surface area contributed by atoms with Crippen LogP contribution in [0.3, 0.4) is 0 Å². The second kappa shape index (κ2) is 6.86. The van der Waals surface area contributed by atoms with Gasteiger partial charge >= 0.3 is 0 Å². The number of carbonyl (C=O) groups is 1. The van der Waals surface area contributed by atoms with Gasteiger partial charge in [0.25, 0.3) is 0 Å². The molecule has 1 aliphatic rings. The lowest BCUT2D eigenvalue weighted by Crippen LogP contribution is -2.29. The number of nitrogens with zero attached hydrogens (tertiary/aromatic N) is 1. The minimum Gasteiger partial charge on any atom is -0.493 e. The molecule has 2 atom stereocenters. The van der Waals surface area contributed by atoms with Gasteiger partial charge < -0.3 is 9.84 Å². The second-order valence-corrected chi connectivity index (χ2v) is 5.38. The van der Waals surface area contributed by atoms with Crippen LogP contribution in [0.2, 0.25) is 0 Å². The van der Waals surface area contributed by atoms with Crippen LogP contribution in [0.4, 0.5) is 0 Å². The van der Waals surface area contributed by atoms with Gasteiger partial charge in [-0.1, -0.05) is 12.1 Å². The fourth-order valence-corrected chi connectivity index (χ4v) is 2.67. The predicted molar refractivity (Wildman–Crippen MR) is 78.2 cm³/mol. The summed E-state index contributed by atoms with van der Waals surface area (Å²) in [4.78, 5) is 14.5. The van der Waals surface area contributed by atoms with Crippen molar-refractivity contribution in [2.24, 2.45) is 5.92 Å². The summed E-state index contributed by atoms with van der Waals surface area (Å²) >= 11 is 0. The van der Waals surface area contributed by atoms with Crippen molar-refractivity contribution < 1.29 is 14.6 Å². The molecule has 1 aromatic carbocycles. The summed E-state index contributed by atoms with van der Waals surface area (Å²) in [5.74, 6) is 1.02. The summed E-state index contributed by atoms with van der Waals surface area (Å²) in [6.45, 7) is 6.35. The highest BCUT2D eigenvalue weighted by Crippen LogP contribution is 2.22. The fraction of sp³-hybridized carbons (Fsp3) is 0.562. The summed E-state index contributed by atoms with van der Waals surface area (Å²) in [5.41, 5.74) is 0.648. The van der Waals surface area contributed by atoms with E-state index in [1.807, 2.05) is 38.1 Å². The first-order valence-corrected chi connectivity index (χ1v) is 7.27. The van der Waals surface area contributed by atoms with Crippen LogP contribution < -0.4 is 4.74 Å². The van der Waals surface area contributed by atoms with Crippen molar-refractivity contribution in [3.8, 4) is 5.75 Å². The van der Waals surface area contributed by atoms with E-state index in [9.17, 15) is 9.90 Å². The Hall–Kier alpha value is -1.39. The first-order valence-electron chi connectivity index (χ1n) is 7.27. The van der Waals surface area contributed by atoms with Gasteiger partial charge in [0.2, 0.25) is 0 Å². The number of hydrogen-bond acceptors (Lipinski definition) is 4. The Balaban J connectivity index is 1.99. The lowest BCUT2D eigenvalue weighted by molar-refractivity contribution is 0.0922. The van der Waals surface area contributed by atoms with Crippen LogP contribution in [0.25, 0.3) is 0 Å². The minimum atomic E-state index is -0.300. The standard InChI is InChI=1S/C16H23NO3/c1-3-20-16-7-5-4-6-14(16)15(19)11-17-9-8-13(10-17)12(2)18/h4-7,12-13,18H,3,8-11H2,1-2H3. The monoisotopic (exact) mass is 277 g/mol. The molecule has 4 nitrogen and oxygen atoms in total. The van der Waals surface area contributed by atoms with Crippen molar-refractivity contribution in [1.82, 2.24) is 4.90 Å². The SMILES string of the molecule is CCOc1ccccc1C(=O)CN1CCC(C(C)O)C1. The number of rotatable bonds is 6. The van der Waals surface area contributed by atoms with E-state index in [0.717, 1.165) is 19.5 Å². The van der Waals surface area contributed by atoms with Crippen LogP contribution in [0.1, 0.15) is 30.6 Å². The number of carbonyl (C=O) groups excluding carboxylic acids is 1. The number of aliphatic hydroxyl groups excluding tert-OH is 1. The molecule has 0 amide bonds. The number of ketones is 1. The van der Waals surface area contributed by atoms with Gasteiger partial charge in [-0.3, -0.25) is 9.69 Å². The van der Waals surface area contributed by atoms with E-state index in [2.05, 4.69) is 4.90 Å². The molecule has 1 saturated heterocycles. The van der Waals surface area contributed by atoms with Gasteiger partial charge in [-0.2, -0.15) is 0 Å². The zero-order valence-electron chi connectivity index (χ0n) is 12.2. The zero-order valence-corrected chi connectivity index (χ0v) is 12.2. The summed E-state index contributed by atoms with van der Waals surface area (Å²) in [5, 5.41) is 9.60. The molecular formula is C16H23NO3. The molecule has 0 bridgehead atoms. The first kappa shape index (κ1) is 15.0. The van der Waals surface area contributed by atoms with Crippen molar-refractivity contribution in [3.63, 3.8) is 0 Å². The molecular weight excluding hydrogens is 254 g/mol. The van der Waals surface area contributed by atoms with Crippen LogP contribution in [0.15, 0.2) is 24.3 Å². The van der Waals surface area contributed by atoms with E-state index in [4.69, 9.17) is 4.74 Å². The summed E-state index contributed by atoms with van der Waals surface area (Å²) in [7, 11) is 0. The van der Waals surface area contributed by atoms with Crippen molar-refractivity contribution in [3.05, 3.63) is 29.8 Å². The third-order valence-corrected chi connectivity index (χ3v) is 3.85. The predicted octanol–water partition coefficient (Wildman–Crippen LogP) is 1.97. The van der Waals surface area contributed by atoms with Gasteiger partial charge in [-0.05, 0) is 44.9 Å². The van der Waals surface area contributed by atoms with Crippen molar-refractivity contribution in [2.75, 3.05) is 26.2 Å². The van der Waals surface area contributed by atoms with Gasteiger partial charge in [-0.25, -0.2) is 0 Å². The number of Topliss-reactive ketones (excluding diaryl/α,β-unsaturated/α-hetero) is 1. The Bertz CT molecular complexity index is 459. The Kier molecular flexibility index (Phi) is 5.15. The molecule has 0 spiro atoms. The molecule has 0 saturated carbocycles. The van der Waals surface area contributed by atoms with Crippen LogP contribution in [-0.2, 0) is 0 Å². The summed E-state index contributed by atoms with van der Waals surface area (Å²) < 4.78 is 5.50. The van der Waals surface area contributed by atoms with Crippen LogP contribution in [0, 0.1) is 5.92 Å². The molecule has 1 fully saturated rings. The molecule has 4 heteroatoms. The molecule has 1 N–H and O–H groups in total. The average molecular weight is 277 g/mol. The Morgan fingerprint density at radius 1 is 1.50 bits per heavy atom. The minimum absolute atomic E-state index is 0.0836. The van der Waals surface area contributed by atoms with Crippen molar-refractivity contribution >= 4 is 5.78 Å². The van der Waals surface area contributed by atoms with Crippen LogP contribution in [-0.4, -0.2) is 48.1 Å². The molecule has 1 heterocycles. The fourth-order valence-electron chi connectivity index (χ4n) is 2.67. The number of aliphatic hydroxyl groups is 1. The molecule has 2 rings (SSSR count). The number of likely N-dealkylation sites (tertiary alicyclic amines) is 1. The van der Waals surface area contributed by atoms with Gasteiger partial charge in [0.1, 0.15) is 5.75 Å². The molecule has 1 aromatic rings. The Morgan fingerprint density at radius 2 is 2.25 bits per heavy atom. The van der Waals surface area contributed by atoms with E-state index in [-0.39, 0.29) is 17.8 Å². The Labute approximate surface area is 120 Å². The van der Waals surface area contributed by atoms with Crippen LogP contribution in [0.5, 0.6) is 5.75 Å². The summed E-state index contributed by atoms with van der Waals surface area (Å²) in [6.07, 6.45) is 0.656. The molecule has 0 aromatic heterocycles. The van der Waals surface area contributed by atoms with E-state index >= 15 is 0 Å². The lowest BCUT2D eigenvalue weighted by atomic mass is 10.0.